The van der Waals surface area contributed by atoms with E-state index < -0.39 is 5.97 Å². The van der Waals surface area contributed by atoms with E-state index >= 15 is 0 Å². The van der Waals surface area contributed by atoms with E-state index in [0.29, 0.717) is 0 Å². The van der Waals surface area contributed by atoms with Crippen LogP contribution < -0.4 is 4.74 Å². The second-order valence-electron chi connectivity index (χ2n) is 4.01. The summed E-state index contributed by atoms with van der Waals surface area (Å²) >= 11 is 0. The van der Waals surface area contributed by atoms with Gasteiger partial charge in [-0.3, -0.25) is 4.79 Å². The molecule has 0 spiro atoms. The van der Waals surface area contributed by atoms with Gasteiger partial charge in [-0.05, 0) is 42.0 Å². The van der Waals surface area contributed by atoms with Gasteiger partial charge in [0.1, 0.15) is 5.75 Å². The summed E-state index contributed by atoms with van der Waals surface area (Å²) in [6, 6.07) is 5.98. The van der Waals surface area contributed by atoms with Gasteiger partial charge in [0, 0.05) is 6.42 Å². The molecule has 0 saturated heterocycles. The second-order valence-corrected chi connectivity index (χ2v) is 4.01. The Labute approximate surface area is 88.7 Å². The maximum Gasteiger partial charge on any atom is 0.303 e. The summed E-state index contributed by atoms with van der Waals surface area (Å²) in [4.78, 5) is 10.6. The molecule has 0 bridgehead atoms. The van der Waals surface area contributed by atoms with Gasteiger partial charge in [-0.2, -0.15) is 0 Å². The summed E-state index contributed by atoms with van der Waals surface area (Å²) in [7, 11) is 1.64. The van der Waals surface area contributed by atoms with Crippen LogP contribution in [-0.4, -0.2) is 18.2 Å². The van der Waals surface area contributed by atoms with Crippen molar-refractivity contribution < 1.29 is 14.6 Å². The third kappa shape index (κ3) is 2.12. The van der Waals surface area contributed by atoms with Crippen LogP contribution >= 0.6 is 0 Å². The van der Waals surface area contributed by atoms with Gasteiger partial charge in [0.15, 0.2) is 0 Å². The highest BCUT2D eigenvalue weighted by molar-refractivity contribution is 5.67. The topological polar surface area (TPSA) is 46.5 Å². The van der Waals surface area contributed by atoms with Gasteiger partial charge in [0.25, 0.3) is 0 Å². The van der Waals surface area contributed by atoms with Gasteiger partial charge in [-0.25, -0.2) is 0 Å². The molecule has 80 valence electrons. The first-order valence-electron chi connectivity index (χ1n) is 5.06. The minimum Gasteiger partial charge on any atom is -0.497 e. The lowest BCUT2D eigenvalue weighted by atomic mass is 10.0. The highest BCUT2D eigenvalue weighted by Gasteiger charge is 2.23. The lowest BCUT2D eigenvalue weighted by molar-refractivity contribution is -0.138. The predicted octanol–water partition coefficient (Wildman–Crippen LogP) is 1.88. The molecule has 0 radical (unpaired) electrons. The molecule has 0 saturated carbocycles. The molecule has 0 aromatic heterocycles. The molecule has 1 N–H and O–H groups in total. The van der Waals surface area contributed by atoms with Crippen molar-refractivity contribution in [3.05, 3.63) is 29.3 Å². The Morgan fingerprint density at radius 3 is 2.87 bits per heavy atom. The number of methoxy groups -OCH3 is 1. The molecular formula is C12H14O3. The van der Waals surface area contributed by atoms with Crippen LogP contribution in [0.25, 0.3) is 0 Å². The largest absolute Gasteiger partial charge is 0.497 e. The minimum absolute atomic E-state index is 0.254. The standard InChI is InChI=1S/C12H14O3/c1-15-11-3-2-9-4-8(6-12(13)14)5-10(9)7-11/h2-3,7-8H,4-6H2,1H3,(H,13,14)/t8-/m1/s1. The fraction of sp³-hybridized carbons (Fsp3) is 0.417. The van der Waals surface area contributed by atoms with Gasteiger partial charge >= 0.3 is 5.97 Å². The summed E-state index contributed by atoms with van der Waals surface area (Å²) in [6.45, 7) is 0. The Kier molecular flexibility index (Phi) is 2.62. The number of fused-ring (bicyclic) bond motifs is 1. The number of carboxylic acid groups (broad SMARTS) is 1. The number of ether oxygens (including phenoxy) is 1. The van der Waals surface area contributed by atoms with Gasteiger partial charge in [0.05, 0.1) is 7.11 Å². The summed E-state index contributed by atoms with van der Waals surface area (Å²) in [5, 5.41) is 8.73. The number of carbonyl (C=O) groups is 1. The number of rotatable bonds is 3. The number of carboxylic acids is 1. The van der Waals surface area contributed by atoms with Crippen LogP contribution in [0.15, 0.2) is 18.2 Å². The van der Waals surface area contributed by atoms with Crippen molar-refractivity contribution in [1.82, 2.24) is 0 Å². The fourth-order valence-corrected chi connectivity index (χ4v) is 2.20. The molecule has 1 aliphatic rings. The maximum absolute atomic E-state index is 10.6. The zero-order valence-corrected chi connectivity index (χ0v) is 8.69. The van der Waals surface area contributed by atoms with Crippen LogP contribution in [0.5, 0.6) is 5.75 Å². The van der Waals surface area contributed by atoms with Crippen molar-refractivity contribution in [2.75, 3.05) is 7.11 Å². The lowest BCUT2D eigenvalue weighted by Gasteiger charge is -2.03. The molecule has 1 atom stereocenters. The molecular weight excluding hydrogens is 192 g/mol. The quantitative estimate of drug-likeness (QED) is 0.821. The Bertz CT molecular complexity index is 384. The van der Waals surface area contributed by atoms with Crippen LogP contribution in [0.1, 0.15) is 17.5 Å². The van der Waals surface area contributed by atoms with E-state index in [1.54, 1.807) is 7.11 Å². The lowest BCUT2D eigenvalue weighted by Crippen LogP contribution is -2.07. The van der Waals surface area contributed by atoms with Crippen molar-refractivity contribution >= 4 is 5.97 Å². The molecule has 0 aliphatic heterocycles. The maximum atomic E-state index is 10.6. The van der Waals surface area contributed by atoms with Gasteiger partial charge in [-0.15, -0.1) is 0 Å². The van der Waals surface area contributed by atoms with Gasteiger partial charge in [-0.1, -0.05) is 6.07 Å². The van der Waals surface area contributed by atoms with Crippen molar-refractivity contribution in [3.8, 4) is 5.75 Å². The summed E-state index contributed by atoms with van der Waals surface area (Å²) < 4.78 is 5.14. The Hall–Kier alpha value is -1.51. The molecule has 2 rings (SSSR count). The zero-order chi connectivity index (χ0) is 10.8. The van der Waals surface area contributed by atoms with E-state index in [1.165, 1.54) is 11.1 Å². The number of hydrogen-bond acceptors (Lipinski definition) is 2. The number of aliphatic carboxylic acids is 1. The van der Waals surface area contributed by atoms with E-state index in [9.17, 15) is 4.79 Å². The van der Waals surface area contributed by atoms with E-state index in [0.717, 1.165) is 18.6 Å². The van der Waals surface area contributed by atoms with Gasteiger partial charge < -0.3 is 9.84 Å². The summed E-state index contributed by atoms with van der Waals surface area (Å²) in [6.07, 6.45) is 2.00. The molecule has 3 heteroatoms. The first-order valence-corrected chi connectivity index (χ1v) is 5.06. The molecule has 15 heavy (non-hydrogen) atoms. The molecule has 0 heterocycles. The second kappa shape index (κ2) is 3.93. The monoisotopic (exact) mass is 206 g/mol. The molecule has 1 aromatic carbocycles. The summed E-state index contributed by atoms with van der Waals surface area (Å²) in [5.41, 5.74) is 2.50. The highest BCUT2D eigenvalue weighted by Crippen LogP contribution is 2.31. The average molecular weight is 206 g/mol. The molecule has 3 nitrogen and oxygen atoms in total. The number of hydrogen-bond donors (Lipinski definition) is 1. The van der Waals surface area contributed by atoms with E-state index in [4.69, 9.17) is 9.84 Å². The fourth-order valence-electron chi connectivity index (χ4n) is 2.20. The van der Waals surface area contributed by atoms with Crippen LogP contribution in [-0.2, 0) is 17.6 Å². The van der Waals surface area contributed by atoms with Crippen molar-refractivity contribution in [1.29, 1.82) is 0 Å². The Morgan fingerprint density at radius 2 is 2.20 bits per heavy atom. The molecule has 0 unspecified atom stereocenters. The minimum atomic E-state index is -0.709. The van der Waals surface area contributed by atoms with E-state index in [1.807, 2.05) is 18.2 Å². The normalized spacial score (nSPS) is 18.6. The highest BCUT2D eigenvalue weighted by atomic mass is 16.5. The van der Waals surface area contributed by atoms with E-state index in [-0.39, 0.29) is 12.3 Å². The third-order valence-corrected chi connectivity index (χ3v) is 2.89. The van der Waals surface area contributed by atoms with Crippen LogP contribution in [0.2, 0.25) is 0 Å². The SMILES string of the molecule is COc1ccc2c(c1)C[C@H](CC(=O)O)C2. The Morgan fingerprint density at radius 1 is 1.47 bits per heavy atom. The molecule has 1 aromatic rings. The molecule has 0 amide bonds. The molecule has 1 aliphatic carbocycles. The predicted molar refractivity (Wildman–Crippen MR) is 56.1 cm³/mol. The summed E-state index contributed by atoms with van der Waals surface area (Å²) in [5.74, 6) is 0.397. The smallest absolute Gasteiger partial charge is 0.303 e. The van der Waals surface area contributed by atoms with Crippen LogP contribution in [0, 0.1) is 5.92 Å². The molecule has 0 fully saturated rings. The third-order valence-electron chi connectivity index (χ3n) is 2.89. The van der Waals surface area contributed by atoms with Crippen LogP contribution in [0.3, 0.4) is 0 Å². The van der Waals surface area contributed by atoms with E-state index in [2.05, 4.69) is 0 Å². The number of benzene rings is 1. The Balaban J connectivity index is 2.13. The van der Waals surface area contributed by atoms with Crippen molar-refractivity contribution in [3.63, 3.8) is 0 Å². The zero-order valence-electron chi connectivity index (χ0n) is 8.69. The average Bonchev–Trinajstić information content (AvgIpc) is 2.57. The van der Waals surface area contributed by atoms with Crippen molar-refractivity contribution in [2.24, 2.45) is 5.92 Å². The first-order chi connectivity index (χ1) is 7.19. The van der Waals surface area contributed by atoms with Crippen molar-refractivity contribution in [2.45, 2.75) is 19.3 Å². The van der Waals surface area contributed by atoms with Gasteiger partial charge in [0.2, 0.25) is 0 Å². The van der Waals surface area contributed by atoms with Crippen LogP contribution in [0.4, 0.5) is 0 Å². The first kappa shape index (κ1) is 10.0.